The smallest absolute Gasteiger partial charge is 0.0940 e. The summed E-state index contributed by atoms with van der Waals surface area (Å²) in [6.45, 7) is 12.5. The Morgan fingerprint density at radius 3 is 2.69 bits per heavy atom. The molecule has 0 aromatic heterocycles. The first kappa shape index (κ1) is 12.7. The second-order valence-electron chi connectivity index (χ2n) is 5.67. The highest BCUT2D eigenvalue weighted by molar-refractivity contribution is 8.00. The maximum absolute atomic E-state index is 5.81. The molecule has 0 saturated carbocycles. The summed E-state index contributed by atoms with van der Waals surface area (Å²) in [5.74, 6) is 2.82. The highest BCUT2D eigenvalue weighted by Crippen LogP contribution is 2.49. The van der Waals surface area contributed by atoms with Gasteiger partial charge in [-0.05, 0) is 32.1 Å². The van der Waals surface area contributed by atoms with Crippen molar-refractivity contribution < 1.29 is 4.74 Å². The third-order valence-electron chi connectivity index (χ3n) is 4.06. The molecule has 0 aliphatic carbocycles. The zero-order valence-corrected chi connectivity index (χ0v) is 11.8. The second kappa shape index (κ2) is 4.87. The Morgan fingerprint density at radius 2 is 2.06 bits per heavy atom. The van der Waals surface area contributed by atoms with Crippen LogP contribution in [0.5, 0.6) is 0 Å². The molecule has 2 nitrogen and oxygen atoms in total. The summed E-state index contributed by atoms with van der Waals surface area (Å²) in [6.07, 6.45) is 1.23. The Kier molecular flexibility index (Phi) is 3.87. The molecule has 2 heterocycles. The van der Waals surface area contributed by atoms with Gasteiger partial charge in [-0.3, -0.25) is 4.90 Å². The monoisotopic (exact) mass is 243 g/mol. The van der Waals surface area contributed by atoms with Crippen molar-refractivity contribution >= 4 is 11.8 Å². The lowest BCUT2D eigenvalue weighted by molar-refractivity contribution is -0.0533. The Balaban J connectivity index is 2.24. The predicted molar refractivity (Wildman–Crippen MR) is 70.8 cm³/mol. The van der Waals surface area contributed by atoms with Gasteiger partial charge >= 0.3 is 0 Å². The number of hydrogen-bond acceptors (Lipinski definition) is 3. The van der Waals surface area contributed by atoms with Crippen molar-refractivity contribution in [2.45, 2.75) is 45.0 Å². The van der Waals surface area contributed by atoms with E-state index in [0.29, 0.717) is 6.04 Å². The van der Waals surface area contributed by atoms with Crippen LogP contribution in [0.25, 0.3) is 0 Å². The zero-order chi connectivity index (χ0) is 11.8. The summed E-state index contributed by atoms with van der Waals surface area (Å²) >= 11 is 2.14. The molecule has 3 heteroatoms. The average molecular weight is 243 g/mol. The molecule has 0 N–H and O–H groups in total. The highest BCUT2D eigenvalue weighted by atomic mass is 32.2. The van der Waals surface area contributed by atoms with Crippen LogP contribution in [-0.4, -0.2) is 41.3 Å². The molecule has 2 aliphatic heterocycles. The predicted octanol–water partition coefficient (Wildman–Crippen LogP) is 2.83. The van der Waals surface area contributed by atoms with E-state index in [0.717, 1.165) is 25.0 Å². The molecule has 94 valence electrons. The lowest BCUT2D eigenvalue weighted by Crippen LogP contribution is -2.57. The Bertz CT molecular complexity index is 244. The second-order valence-corrected chi connectivity index (χ2v) is 7.08. The minimum absolute atomic E-state index is 0.278. The molecule has 2 saturated heterocycles. The molecule has 0 unspecified atom stereocenters. The fourth-order valence-corrected chi connectivity index (χ4v) is 5.23. The number of ether oxygens (including phenoxy) is 1. The fourth-order valence-electron chi connectivity index (χ4n) is 3.35. The first-order valence-corrected chi connectivity index (χ1v) is 7.55. The number of thioether (sulfide) groups is 1. The first-order chi connectivity index (χ1) is 7.58. The van der Waals surface area contributed by atoms with E-state index in [4.69, 9.17) is 4.74 Å². The molecule has 0 aromatic rings. The molecule has 1 spiro atoms. The third kappa shape index (κ3) is 2.02. The Hall–Kier alpha value is 0.270. The van der Waals surface area contributed by atoms with E-state index in [1.807, 2.05) is 0 Å². The minimum atomic E-state index is 0.278. The van der Waals surface area contributed by atoms with Gasteiger partial charge in [-0.2, -0.15) is 0 Å². The van der Waals surface area contributed by atoms with E-state index in [2.05, 4.69) is 44.4 Å². The van der Waals surface area contributed by atoms with Gasteiger partial charge in [0.05, 0.1) is 11.5 Å². The van der Waals surface area contributed by atoms with Gasteiger partial charge in [0, 0.05) is 24.9 Å². The maximum Gasteiger partial charge on any atom is 0.0940 e. The largest absolute Gasteiger partial charge is 0.379 e. The molecule has 0 aromatic carbocycles. The van der Waals surface area contributed by atoms with Crippen LogP contribution in [0.1, 0.15) is 34.1 Å². The van der Waals surface area contributed by atoms with Gasteiger partial charge in [0.2, 0.25) is 0 Å². The molecule has 16 heavy (non-hydrogen) atoms. The van der Waals surface area contributed by atoms with E-state index in [1.165, 1.54) is 18.7 Å². The minimum Gasteiger partial charge on any atom is -0.379 e. The third-order valence-corrected chi connectivity index (χ3v) is 5.60. The summed E-state index contributed by atoms with van der Waals surface area (Å²) in [6, 6.07) is 0.637. The van der Waals surface area contributed by atoms with Crippen molar-refractivity contribution in [2.75, 3.05) is 25.5 Å². The van der Waals surface area contributed by atoms with Gasteiger partial charge in [-0.1, -0.05) is 13.8 Å². The van der Waals surface area contributed by atoms with Crippen LogP contribution in [0.3, 0.4) is 0 Å². The summed E-state index contributed by atoms with van der Waals surface area (Å²) in [7, 11) is 0. The molecular weight excluding hydrogens is 218 g/mol. The van der Waals surface area contributed by atoms with Gasteiger partial charge in [-0.25, -0.2) is 0 Å². The van der Waals surface area contributed by atoms with Crippen molar-refractivity contribution in [2.24, 2.45) is 11.8 Å². The van der Waals surface area contributed by atoms with Gasteiger partial charge < -0.3 is 4.74 Å². The highest BCUT2D eigenvalue weighted by Gasteiger charge is 2.51. The van der Waals surface area contributed by atoms with E-state index >= 15 is 0 Å². The van der Waals surface area contributed by atoms with Crippen LogP contribution >= 0.6 is 11.8 Å². The van der Waals surface area contributed by atoms with Crippen molar-refractivity contribution in [1.29, 1.82) is 0 Å². The lowest BCUT2D eigenvalue weighted by atomic mass is 9.83. The van der Waals surface area contributed by atoms with Crippen molar-refractivity contribution in [3.8, 4) is 0 Å². The Labute approximate surface area is 104 Å². The number of nitrogens with zero attached hydrogens (tertiary/aromatic N) is 1. The lowest BCUT2D eigenvalue weighted by Gasteiger charge is -2.49. The van der Waals surface area contributed by atoms with Crippen molar-refractivity contribution in [1.82, 2.24) is 4.90 Å². The molecule has 0 amide bonds. The van der Waals surface area contributed by atoms with Gasteiger partial charge in [0.15, 0.2) is 0 Å². The summed E-state index contributed by atoms with van der Waals surface area (Å²) < 4.78 is 5.81. The maximum atomic E-state index is 5.81. The number of rotatable bonds is 2. The van der Waals surface area contributed by atoms with Crippen LogP contribution in [0.2, 0.25) is 0 Å². The molecule has 0 bridgehead atoms. The Morgan fingerprint density at radius 1 is 1.31 bits per heavy atom. The van der Waals surface area contributed by atoms with Gasteiger partial charge in [-0.15, -0.1) is 11.8 Å². The topological polar surface area (TPSA) is 12.5 Å². The molecule has 2 aliphatic rings. The zero-order valence-electron chi connectivity index (χ0n) is 11.0. The SMILES string of the molecule is CC(C)[C@@H]1CCOC[C@@]12SCCN2C(C)C. The van der Waals surface area contributed by atoms with E-state index < -0.39 is 0 Å². The first-order valence-electron chi connectivity index (χ1n) is 6.56. The normalized spacial score (nSPS) is 36.8. The number of hydrogen-bond donors (Lipinski definition) is 0. The molecule has 2 atom stereocenters. The van der Waals surface area contributed by atoms with Crippen LogP contribution < -0.4 is 0 Å². The summed E-state index contributed by atoms with van der Waals surface area (Å²) in [5, 5.41) is 0. The van der Waals surface area contributed by atoms with Crippen LogP contribution in [-0.2, 0) is 4.74 Å². The van der Waals surface area contributed by atoms with Crippen LogP contribution in [0.15, 0.2) is 0 Å². The van der Waals surface area contributed by atoms with Crippen molar-refractivity contribution in [3.05, 3.63) is 0 Å². The van der Waals surface area contributed by atoms with Crippen molar-refractivity contribution in [3.63, 3.8) is 0 Å². The van der Waals surface area contributed by atoms with Crippen LogP contribution in [0, 0.1) is 11.8 Å². The standard InChI is InChI=1S/C13H25NOS/c1-10(2)12-5-7-15-9-13(12)14(11(3)4)6-8-16-13/h10-12H,5-9H2,1-4H3/t12-,13+/m0/s1. The quantitative estimate of drug-likeness (QED) is 0.740. The van der Waals surface area contributed by atoms with E-state index in [-0.39, 0.29) is 4.87 Å². The molecule has 2 rings (SSSR count). The molecule has 2 fully saturated rings. The van der Waals surface area contributed by atoms with Gasteiger partial charge in [0.25, 0.3) is 0 Å². The fraction of sp³-hybridized carbons (Fsp3) is 1.00. The van der Waals surface area contributed by atoms with E-state index in [1.54, 1.807) is 0 Å². The van der Waals surface area contributed by atoms with E-state index in [9.17, 15) is 0 Å². The summed E-state index contributed by atoms with van der Waals surface area (Å²) in [4.78, 5) is 2.96. The van der Waals surface area contributed by atoms with Gasteiger partial charge in [0.1, 0.15) is 0 Å². The summed E-state index contributed by atoms with van der Waals surface area (Å²) in [5.41, 5.74) is 0. The van der Waals surface area contributed by atoms with Crippen LogP contribution in [0.4, 0.5) is 0 Å². The average Bonchev–Trinajstić information content (AvgIpc) is 2.62. The molecule has 0 radical (unpaired) electrons. The molecular formula is C13H25NOS.